The predicted octanol–water partition coefficient (Wildman–Crippen LogP) is -5.33. The van der Waals surface area contributed by atoms with Crippen LogP contribution >= 0.6 is 0 Å². The Morgan fingerprint density at radius 3 is 2.41 bits per heavy atom. The van der Waals surface area contributed by atoms with Crippen LogP contribution in [0.1, 0.15) is 24.5 Å². The van der Waals surface area contributed by atoms with Crippen molar-refractivity contribution in [2.75, 3.05) is 4.43 Å². The SMILES string of the molecule is CC1C23CC[I-]C(Cc4ccc(ON)c(ON)c42)C3C(N)C(N)(N)C1(N)N. The average molecular weight is 490 g/mol. The first kappa shape index (κ1) is 19.6. The van der Waals surface area contributed by atoms with Gasteiger partial charge >= 0.3 is 169 Å². The molecule has 10 heteroatoms. The van der Waals surface area contributed by atoms with Crippen molar-refractivity contribution in [1.82, 2.24) is 0 Å². The van der Waals surface area contributed by atoms with E-state index in [2.05, 4.69) is 0 Å². The summed E-state index contributed by atoms with van der Waals surface area (Å²) in [5.41, 5.74) is 31.7. The first-order valence-electron chi connectivity index (χ1n) is 9.03. The Kier molecular flexibility index (Phi) is 4.45. The van der Waals surface area contributed by atoms with Gasteiger partial charge in [0.25, 0.3) is 0 Å². The Morgan fingerprint density at radius 1 is 1.07 bits per heavy atom. The molecule has 2 fully saturated rings. The molecule has 0 radical (unpaired) electrons. The molecule has 2 bridgehead atoms. The molecule has 1 saturated carbocycles. The van der Waals surface area contributed by atoms with Crippen molar-refractivity contribution in [2.45, 2.75) is 46.5 Å². The summed E-state index contributed by atoms with van der Waals surface area (Å²) < 4.78 is 1.58. The fourth-order valence-electron chi connectivity index (χ4n) is 5.77. The van der Waals surface area contributed by atoms with Crippen LogP contribution in [0, 0.1) is 11.8 Å². The van der Waals surface area contributed by atoms with E-state index in [0.29, 0.717) is 15.4 Å². The van der Waals surface area contributed by atoms with Gasteiger partial charge in [0, 0.05) is 0 Å². The van der Waals surface area contributed by atoms with Gasteiger partial charge in [0.05, 0.1) is 0 Å². The molecule has 3 aliphatic rings. The fraction of sp³-hybridized carbons (Fsp3) is 0.647. The van der Waals surface area contributed by atoms with E-state index in [4.69, 9.17) is 50.1 Å². The molecular weight excluding hydrogens is 461 g/mol. The monoisotopic (exact) mass is 490 g/mol. The molecule has 1 aliphatic heterocycles. The van der Waals surface area contributed by atoms with Crippen LogP contribution in [0.2, 0.25) is 0 Å². The number of alkyl halides is 2. The van der Waals surface area contributed by atoms with Gasteiger partial charge in [-0.15, -0.1) is 0 Å². The zero-order valence-electron chi connectivity index (χ0n) is 15.3. The first-order chi connectivity index (χ1) is 12.6. The quantitative estimate of drug-likeness (QED) is 0.0915. The van der Waals surface area contributed by atoms with Gasteiger partial charge in [-0.1, -0.05) is 0 Å². The van der Waals surface area contributed by atoms with Gasteiger partial charge in [-0.05, 0) is 0 Å². The van der Waals surface area contributed by atoms with Gasteiger partial charge in [0.1, 0.15) is 0 Å². The molecule has 0 spiro atoms. The van der Waals surface area contributed by atoms with Gasteiger partial charge in [-0.25, -0.2) is 0 Å². The number of nitrogens with two attached hydrogens (primary N) is 7. The molecule has 2 aliphatic carbocycles. The summed E-state index contributed by atoms with van der Waals surface area (Å²) >= 11 is -0.0516. The molecule has 14 N–H and O–H groups in total. The van der Waals surface area contributed by atoms with Crippen LogP contribution in [0.4, 0.5) is 0 Å². The van der Waals surface area contributed by atoms with Crippen LogP contribution in [0.5, 0.6) is 11.5 Å². The Hall–Kier alpha value is -0.730. The molecular formula is C17H29IN7O2-. The van der Waals surface area contributed by atoms with Crippen molar-refractivity contribution in [1.29, 1.82) is 0 Å². The summed E-state index contributed by atoms with van der Waals surface area (Å²) in [7, 11) is 0. The van der Waals surface area contributed by atoms with E-state index < -0.39 is 22.8 Å². The average Bonchev–Trinajstić information content (AvgIpc) is 2.64. The third-order valence-corrected chi connectivity index (χ3v) is 10.8. The number of hydrogen-bond donors (Lipinski definition) is 7. The molecule has 152 valence electrons. The third kappa shape index (κ3) is 2.23. The Bertz CT molecular complexity index is 774. The topological polar surface area (TPSA) is 201 Å². The minimum atomic E-state index is -1.39. The van der Waals surface area contributed by atoms with Crippen LogP contribution < -0.4 is 71.3 Å². The van der Waals surface area contributed by atoms with Gasteiger partial charge in [0.15, 0.2) is 0 Å². The normalized spacial score (nSPS) is 38.8. The van der Waals surface area contributed by atoms with Crippen molar-refractivity contribution >= 4 is 0 Å². The van der Waals surface area contributed by atoms with Gasteiger partial charge in [0.2, 0.25) is 0 Å². The van der Waals surface area contributed by atoms with Crippen molar-refractivity contribution in [3.05, 3.63) is 23.3 Å². The van der Waals surface area contributed by atoms with E-state index >= 15 is 0 Å². The molecule has 1 saturated heterocycles. The second kappa shape index (κ2) is 6.13. The standard InChI is InChI=1S/C17H29IN7O2/c1-7-15-4-5-18-9(12(15)14(19)17(22,23)16(7,20)21)6-8-2-3-10(26-24)13(27-25)11(8)15/h2-3,7,9,12,14H,4-6,19-25H2,1H3/q-1. The molecule has 27 heavy (non-hydrogen) atoms. The second-order valence-corrected chi connectivity index (χ2v) is 11.7. The van der Waals surface area contributed by atoms with Gasteiger partial charge < -0.3 is 0 Å². The zero-order valence-corrected chi connectivity index (χ0v) is 17.5. The zero-order chi connectivity index (χ0) is 19.8. The summed E-state index contributed by atoms with van der Waals surface area (Å²) in [6.45, 7) is 2.01. The third-order valence-electron chi connectivity index (χ3n) is 7.31. The van der Waals surface area contributed by atoms with E-state index in [9.17, 15) is 0 Å². The van der Waals surface area contributed by atoms with Crippen LogP contribution in [0.3, 0.4) is 0 Å². The van der Waals surface area contributed by atoms with Crippen LogP contribution in [0.25, 0.3) is 0 Å². The molecule has 5 unspecified atom stereocenters. The fourth-order valence-corrected chi connectivity index (χ4v) is 10.2. The summed E-state index contributed by atoms with van der Waals surface area (Å²) in [5, 5.41) is 0. The summed E-state index contributed by atoms with van der Waals surface area (Å²) in [4.78, 5) is 10.3. The molecule has 1 heterocycles. The number of halogens is 1. The van der Waals surface area contributed by atoms with E-state index in [0.717, 1.165) is 28.4 Å². The number of rotatable bonds is 2. The summed E-state index contributed by atoms with van der Waals surface area (Å²) in [5.74, 6) is 11.7. The number of fused-ring (bicyclic) bond motifs is 1. The molecule has 4 rings (SSSR count). The molecule has 0 aromatic heterocycles. The maximum atomic E-state index is 6.69. The van der Waals surface area contributed by atoms with Crippen molar-refractivity contribution in [2.24, 2.45) is 52.3 Å². The number of hydrogen-bond acceptors (Lipinski definition) is 9. The molecule has 1 aromatic rings. The molecule has 9 nitrogen and oxygen atoms in total. The van der Waals surface area contributed by atoms with Crippen molar-refractivity contribution in [3.63, 3.8) is 0 Å². The Morgan fingerprint density at radius 2 is 1.78 bits per heavy atom. The number of benzene rings is 1. The second-order valence-electron chi connectivity index (χ2n) is 8.16. The van der Waals surface area contributed by atoms with E-state index in [1.54, 1.807) is 6.07 Å². The molecule has 5 atom stereocenters. The van der Waals surface area contributed by atoms with Gasteiger partial charge in [-0.2, -0.15) is 0 Å². The molecule has 0 amide bonds. The maximum absolute atomic E-state index is 6.69. The van der Waals surface area contributed by atoms with Crippen molar-refractivity contribution < 1.29 is 30.9 Å². The first-order valence-corrected chi connectivity index (χ1v) is 11.8. The van der Waals surface area contributed by atoms with Crippen LogP contribution in [-0.2, 0) is 11.8 Å². The van der Waals surface area contributed by atoms with E-state index in [1.807, 2.05) is 13.0 Å². The Labute approximate surface area is 168 Å². The van der Waals surface area contributed by atoms with Crippen molar-refractivity contribution in [3.8, 4) is 11.5 Å². The van der Waals surface area contributed by atoms with E-state index in [-0.39, 0.29) is 33.0 Å². The summed E-state index contributed by atoms with van der Waals surface area (Å²) in [6, 6.07) is 3.27. The minimum absolute atomic E-state index is 0.0516. The van der Waals surface area contributed by atoms with E-state index in [1.165, 1.54) is 0 Å². The predicted molar refractivity (Wildman–Crippen MR) is 97.6 cm³/mol. The molecule has 1 aromatic carbocycles. The van der Waals surface area contributed by atoms with Gasteiger partial charge in [-0.3, -0.25) is 0 Å². The van der Waals surface area contributed by atoms with Crippen LogP contribution in [0.15, 0.2) is 12.1 Å². The summed E-state index contributed by atoms with van der Waals surface area (Å²) in [6.07, 6.45) is 1.77. The Balaban J connectivity index is 2.05. The van der Waals surface area contributed by atoms with Crippen LogP contribution in [-0.4, -0.2) is 25.7 Å².